The number of carbonyl (C=O) groups excluding carboxylic acids is 1. The molecule has 1 amide bonds. The van der Waals surface area contributed by atoms with Crippen LogP contribution in [0.1, 0.15) is 38.1 Å². The lowest BCUT2D eigenvalue weighted by Crippen LogP contribution is -2.32. The Morgan fingerprint density at radius 1 is 1.09 bits per heavy atom. The summed E-state index contributed by atoms with van der Waals surface area (Å²) in [5, 5.41) is 5.97. The summed E-state index contributed by atoms with van der Waals surface area (Å²) >= 11 is 0. The molecule has 4 N–H and O–H groups in total. The van der Waals surface area contributed by atoms with E-state index in [0.717, 1.165) is 12.8 Å². The molecule has 0 spiro atoms. The van der Waals surface area contributed by atoms with Gasteiger partial charge in [-0.25, -0.2) is 23.1 Å². The van der Waals surface area contributed by atoms with Gasteiger partial charge in [-0.1, -0.05) is 0 Å². The molecule has 1 aliphatic carbocycles. The first-order valence-corrected chi connectivity index (χ1v) is 11.2. The van der Waals surface area contributed by atoms with E-state index in [1.165, 1.54) is 6.20 Å². The maximum atomic E-state index is 14.3. The number of halogens is 3. The molecule has 1 aromatic carbocycles. The van der Waals surface area contributed by atoms with Crippen LogP contribution in [0.25, 0.3) is 11.2 Å². The molecule has 5 rings (SSSR count). The highest BCUT2D eigenvalue weighted by Gasteiger charge is 2.28. The van der Waals surface area contributed by atoms with Gasteiger partial charge in [0.05, 0.1) is 18.8 Å². The van der Waals surface area contributed by atoms with E-state index >= 15 is 0 Å². The van der Waals surface area contributed by atoms with Gasteiger partial charge < -0.3 is 21.1 Å². The lowest BCUT2D eigenvalue weighted by Gasteiger charge is -2.27. The van der Waals surface area contributed by atoms with Crippen LogP contribution >= 0.6 is 0 Å². The highest BCUT2D eigenvalue weighted by atomic mass is 19.1. The zero-order valence-electron chi connectivity index (χ0n) is 18.2. The Labute approximate surface area is 192 Å². The number of anilines is 3. The van der Waals surface area contributed by atoms with Crippen LogP contribution in [0.5, 0.6) is 0 Å². The number of aromatic nitrogens is 4. The first-order chi connectivity index (χ1) is 16.4. The fraction of sp³-hybridized carbons (Fsp3) is 0.455. The maximum absolute atomic E-state index is 14.3. The van der Waals surface area contributed by atoms with Crippen LogP contribution in [0.3, 0.4) is 0 Å². The largest absolute Gasteiger partial charge is 0.379 e. The topological polar surface area (TPSA) is 120 Å². The molecule has 1 saturated heterocycles. The number of benzene rings is 1. The van der Waals surface area contributed by atoms with Crippen molar-refractivity contribution in [2.45, 2.75) is 44.2 Å². The predicted molar refractivity (Wildman–Crippen MR) is 118 cm³/mol. The van der Waals surface area contributed by atoms with Gasteiger partial charge in [-0.05, 0) is 32.1 Å². The van der Waals surface area contributed by atoms with Crippen LogP contribution < -0.4 is 16.4 Å². The second-order valence-electron chi connectivity index (χ2n) is 8.69. The number of hydrogen-bond acceptors (Lipinski definition) is 7. The molecule has 12 heteroatoms. The van der Waals surface area contributed by atoms with Crippen molar-refractivity contribution < 1.29 is 22.7 Å². The van der Waals surface area contributed by atoms with Crippen LogP contribution in [0.2, 0.25) is 0 Å². The molecular formula is C22H24F3N7O2. The summed E-state index contributed by atoms with van der Waals surface area (Å²) in [6.45, 7) is 0.917. The molecule has 9 nitrogen and oxygen atoms in total. The number of ether oxygens (including phenoxy) is 1. The van der Waals surface area contributed by atoms with Gasteiger partial charge in [-0.3, -0.25) is 9.36 Å². The number of nitrogens with two attached hydrogens (primary N) is 1. The van der Waals surface area contributed by atoms with Crippen molar-refractivity contribution in [2.24, 2.45) is 11.7 Å². The number of rotatable bonds is 6. The Balaban J connectivity index is 1.46. The number of fused-ring (bicyclic) bond motifs is 1. The Kier molecular flexibility index (Phi) is 5.98. The number of hydrogen-bond donors (Lipinski definition) is 3. The van der Waals surface area contributed by atoms with E-state index in [9.17, 15) is 18.0 Å². The lowest BCUT2D eigenvalue weighted by atomic mass is 9.86. The summed E-state index contributed by atoms with van der Waals surface area (Å²) in [6.07, 6.45) is 5.14. The van der Waals surface area contributed by atoms with Gasteiger partial charge >= 0.3 is 0 Å². The molecule has 2 aromatic heterocycles. The fourth-order valence-electron chi connectivity index (χ4n) is 4.60. The summed E-state index contributed by atoms with van der Waals surface area (Å²) in [7, 11) is 0. The third-order valence-corrected chi connectivity index (χ3v) is 6.41. The van der Waals surface area contributed by atoms with Gasteiger partial charge in [-0.15, -0.1) is 0 Å². The van der Waals surface area contributed by atoms with E-state index in [1.54, 1.807) is 4.57 Å². The zero-order valence-corrected chi connectivity index (χ0v) is 18.2. The Hall–Kier alpha value is -3.41. The lowest BCUT2D eigenvalue weighted by molar-refractivity contribution is -0.122. The number of carbonyl (C=O) groups is 1. The van der Waals surface area contributed by atoms with Crippen LogP contribution in [0.15, 0.2) is 18.3 Å². The molecule has 180 valence electrons. The highest BCUT2D eigenvalue weighted by Crippen LogP contribution is 2.32. The molecule has 34 heavy (non-hydrogen) atoms. The Morgan fingerprint density at radius 3 is 2.47 bits per heavy atom. The SMILES string of the molecule is NC(=O)C1CCC(Nc2ncc3nc(Nc4c(F)cc(F)cc4F)n([C@H]4CCOC4)c3n2)CC1. The average molecular weight is 475 g/mol. The number of nitrogens with zero attached hydrogens (tertiary/aromatic N) is 4. The number of primary amides is 1. The van der Waals surface area contributed by atoms with Crippen molar-refractivity contribution in [3.63, 3.8) is 0 Å². The average Bonchev–Trinajstić information content (AvgIpc) is 3.43. The molecule has 0 unspecified atom stereocenters. The fourth-order valence-corrected chi connectivity index (χ4v) is 4.60. The standard InChI is InChI=1S/C22H24F3N7O2/c23-12-7-15(24)18(16(25)8-12)30-22-29-17-9-27-21(28-13-3-1-11(2-4-13)19(26)33)31-20(17)32(22)14-5-6-34-10-14/h7-9,11,13-14H,1-6,10H2,(H2,26,33)(H,29,30)(H,27,28,31)/t11?,13?,14-/m0/s1. The van der Waals surface area contributed by atoms with Gasteiger partial charge in [-0.2, -0.15) is 4.98 Å². The summed E-state index contributed by atoms with van der Waals surface area (Å²) in [5.74, 6) is -2.98. The van der Waals surface area contributed by atoms with Gasteiger partial charge in [0.1, 0.15) is 17.0 Å². The van der Waals surface area contributed by atoms with Crippen molar-refractivity contribution in [3.05, 3.63) is 35.8 Å². The maximum Gasteiger partial charge on any atom is 0.224 e. The number of amides is 1. The van der Waals surface area contributed by atoms with Gasteiger partial charge in [0.25, 0.3) is 0 Å². The molecule has 1 atom stereocenters. The summed E-state index contributed by atoms with van der Waals surface area (Å²) < 4.78 is 49.2. The minimum absolute atomic E-state index is 0.0965. The van der Waals surface area contributed by atoms with Crippen LogP contribution in [-0.4, -0.2) is 44.7 Å². The molecule has 0 bridgehead atoms. The Bertz CT molecular complexity index is 1200. The number of nitrogens with one attached hydrogen (secondary N) is 2. The second kappa shape index (κ2) is 9.09. The molecule has 0 radical (unpaired) electrons. The van der Waals surface area contributed by atoms with Crippen molar-refractivity contribution >= 4 is 34.7 Å². The smallest absolute Gasteiger partial charge is 0.224 e. The van der Waals surface area contributed by atoms with Crippen LogP contribution in [-0.2, 0) is 9.53 Å². The van der Waals surface area contributed by atoms with Crippen molar-refractivity contribution in [1.82, 2.24) is 19.5 Å². The van der Waals surface area contributed by atoms with E-state index in [4.69, 9.17) is 10.5 Å². The van der Waals surface area contributed by atoms with Crippen LogP contribution in [0, 0.1) is 23.4 Å². The van der Waals surface area contributed by atoms with Gasteiger partial charge in [0.15, 0.2) is 17.3 Å². The van der Waals surface area contributed by atoms with Crippen LogP contribution in [0.4, 0.5) is 30.8 Å². The van der Waals surface area contributed by atoms with E-state index in [1.807, 2.05) is 0 Å². The van der Waals surface area contributed by atoms with Gasteiger partial charge in [0.2, 0.25) is 17.8 Å². The first-order valence-electron chi connectivity index (χ1n) is 11.2. The monoisotopic (exact) mass is 475 g/mol. The number of imidazole rings is 1. The second-order valence-corrected chi connectivity index (χ2v) is 8.69. The van der Waals surface area contributed by atoms with E-state index in [-0.39, 0.29) is 29.9 Å². The molecular weight excluding hydrogens is 451 g/mol. The highest BCUT2D eigenvalue weighted by molar-refractivity contribution is 5.77. The third-order valence-electron chi connectivity index (χ3n) is 6.41. The van der Waals surface area contributed by atoms with Crippen molar-refractivity contribution in [1.29, 1.82) is 0 Å². The predicted octanol–water partition coefficient (Wildman–Crippen LogP) is 3.40. The van der Waals surface area contributed by atoms with E-state index in [2.05, 4.69) is 25.6 Å². The van der Waals surface area contributed by atoms with E-state index in [0.29, 0.717) is 61.7 Å². The minimum atomic E-state index is -1.07. The Morgan fingerprint density at radius 2 is 1.82 bits per heavy atom. The van der Waals surface area contributed by atoms with E-state index < -0.39 is 23.1 Å². The molecule has 2 fully saturated rings. The van der Waals surface area contributed by atoms with Crippen molar-refractivity contribution in [2.75, 3.05) is 23.8 Å². The molecule has 1 aliphatic heterocycles. The summed E-state index contributed by atoms with van der Waals surface area (Å²) in [4.78, 5) is 24.8. The molecule has 3 aromatic rings. The summed E-state index contributed by atoms with van der Waals surface area (Å²) in [5.41, 5.74) is 5.81. The molecule has 1 saturated carbocycles. The van der Waals surface area contributed by atoms with Crippen molar-refractivity contribution in [3.8, 4) is 0 Å². The third kappa shape index (κ3) is 4.37. The normalized spacial score (nSPS) is 22.7. The quantitative estimate of drug-likeness (QED) is 0.500. The first kappa shape index (κ1) is 22.4. The van der Waals surface area contributed by atoms with Gasteiger partial charge in [0, 0.05) is 30.7 Å². The minimum Gasteiger partial charge on any atom is -0.379 e. The zero-order chi connectivity index (χ0) is 23.8. The molecule has 3 heterocycles. The molecule has 2 aliphatic rings. The summed E-state index contributed by atoms with van der Waals surface area (Å²) in [6, 6.07) is 1.14.